The summed E-state index contributed by atoms with van der Waals surface area (Å²) >= 11 is 3.43. The Morgan fingerprint density at radius 2 is 2.10 bits per heavy atom. The van der Waals surface area contributed by atoms with E-state index in [0.717, 1.165) is 15.7 Å². The van der Waals surface area contributed by atoms with Crippen LogP contribution in [0.5, 0.6) is 0 Å². The molecule has 2 nitrogen and oxygen atoms in total. The van der Waals surface area contributed by atoms with Gasteiger partial charge in [-0.15, -0.1) is 23.5 Å². The molecule has 0 aromatic rings. The van der Waals surface area contributed by atoms with Crippen LogP contribution in [0.25, 0.3) is 0 Å². The van der Waals surface area contributed by atoms with Crippen molar-refractivity contribution in [2.45, 2.75) is 6.42 Å². The SMILES string of the molecule is NC(=O)C=C1SCCCS1. The van der Waals surface area contributed by atoms with E-state index in [1.807, 2.05) is 0 Å². The molecule has 4 heteroatoms. The molecule has 1 amide bonds. The Kier molecular flexibility index (Phi) is 3.15. The van der Waals surface area contributed by atoms with Crippen LogP contribution in [-0.2, 0) is 4.79 Å². The first-order valence-electron chi connectivity index (χ1n) is 3.06. The summed E-state index contributed by atoms with van der Waals surface area (Å²) < 4.78 is 1.07. The zero-order chi connectivity index (χ0) is 7.40. The van der Waals surface area contributed by atoms with E-state index >= 15 is 0 Å². The fourth-order valence-electron chi connectivity index (χ4n) is 0.646. The maximum atomic E-state index is 10.4. The van der Waals surface area contributed by atoms with Crippen LogP contribution in [0.1, 0.15) is 6.42 Å². The van der Waals surface area contributed by atoms with Crippen molar-refractivity contribution in [2.24, 2.45) is 5.73 Å². The van der Waals surface area contributed by atoms with Crippen molar-refractivity contribution in [2.75, 3.05) is 11.5 Å². The maximum absolute atomic E-state index is 10.4. The predicted molar refractivity (Wildman–Crippen MR) is 46.8 cm³/mol. The second-order valence-corrected chi connectivity index (χ2v) is 4.45. The Hall–Kier alpha value is -0.0900. The standard InChI is InChI=1S/C6H9NOS2/c7-5(8)4-6-9-2-1-3-10-6/h4H,1-3H2,(H2,7,8). The first-order chi connectivity index (χ1) is 4.79. The summed E-state index contributed by atoms with van der Waals surface area (Å²) in [6.07, 6.45) is 2.74. The fourth-order valence-corrected chi connectivity index (χ4v) is 3.04. The Balaban J connectivity index is 2.45. The molecule has 0 spiro atoms. The molecule has 2 N–H and O–H groups in total. The number of hydrogen-bond donors (Lipinski definition) is 1. The summed E-state index contributed by atoms with van der Waals surface area (Å²) in [5.41, 5.74) is 4.98. The van der Waals surface area contributed by atoms with Crippen molar-refractivity contribution < 1.29 is 4.79 Å². The van der Waals surface area contributed by atoms with Gasteiger partial charge in [0.25, 0.3) is 0 Å². The van der Waals surface area contributed by atoms with Gasteiger partial charge in [-0.1, -0.05) is 0 Å². The molecule has 1 aliphatic heterocycles. The molecule has 56 valence electrons. The molecule has 0 aromatic carbocycles. The van der Waals surface area contributed by atoms with Crippen LogP contribution < -0.4 is 5.73 Å². The number of rotatable bonds is 1. The molecular formula is C6H9NOS2. The van der Waals surface area contributed by atoms with Crippen molar-refractivity contribution in [3.63, 3.8) is 0 Å². The van der Waals surface area contributed by atoms with E-state index in [-0.39, 0.29) is 5.91 Å². The summed E-state index contributed by atoms with van der Waals surface area (Å²) in [6, 6.07) is 0. The molecule has 0 aliphatic carbocycles. The highest BCUT2D eigenvalue weighted by atomic mass is 32.2. The van der Waals surface area contributed by atoms with Crippen LogP contribution >= 0.6 is 23.5 Å². The smallest absolute Gasteiger partial charge is 0.243 e. The van der Waals surface area contributed by atoms with E-state index in [9.17, 15) is 4.79 Å². The first-order valence-corrected chi connectivity index (χ1v) is 5.03. The van der Waals surface area contributed by atoms with Gasteiger partial charge in [0, 0.05) is 10.3 Å². The Morgan fingerprint density at radius 3 is 2.60 bits per heavy atom. The van der Waals surface area contributed by atoms with Gasteiger partial charge in [0.2, 0.25) is 5.91 Å². The molecule has 10 heavy (non-hydrogen) atoms. The van der Waals surface area contributed by atoms with Gasteiger partial charge in [0.15, 0.2) is 0 Å². The number of thioether (sulfide) groups is 2. The van der Waals surface area contributed by atoms with E-state index in [2.05, 4.69) is 0 Å². The number of carbonyl (C=O) groups excluding carboxylic acids is 1. The molecule has 0 radical (unpaired) electrons. The minimum absolute atomic E-state index is 0.336. The monoisotopic (exact) mass is 175 g/mol. The van der Waals surface area contributed by atoms with E-state index in [1.165, 1.54) is 12.5 Å². The number of nitrogens with two attached hydrogens (primary N) is 1. The van der Waals surface area contributed by atoms with Gasteiger partial charge >= 0.3 is 0 Å². The molecule has 1 rings (SSSR count). The van der Waals surface area contributed by atoms with Crippen molar-refractivity contribution in [3.05, 3.63) is 10.3 Å². The van der Waals surface area contributed by atoms with E-state index in [1.54, 1.807) is 23.5 Å². The third-order valence-corrected chi connectivity index (χ3v) is 3.53. The van der Waals surface area contributed by atoms with Gasteiger partial charge in [-0.3, -0.25) is 4.79 Å². The molecule has 0 aromatic heterocycles. The normalized spacial score (nSPS) is 18.6. The second-order valence-electron chi connectivity index (χ2n) is 1.92. The lowest BCUT2D eigenvalue weighted by molar-refractivity contribution is -0.113. The second kappa shape index (κ2) is 3.93. The highest BCUT2D eigenvalue weighted by Crippen LogP contribution is 2.33. The summed E-state index contributed by atoms with van der Waals surface area (Å²) in [4.78, 5) is 10.4. The minimum Gasteiger partial charge on any atom is -0.366 e. The zero-order valence-corrected chi connectivity index (χ0v) is 7.13. The summed E-state index contributed by atoms with van der Waals surface area (Å²) in [6.45, 7) is 0. The third-order valence-electron chi connectivity index (χ3n) is 1.04. The van der Waals surface area contributed by atoms with Gasteiger partial charge in [0.05, 0.1) is 0 Å². The lowest BCUT2D eigenvalue weighted by Crippen LogP contribution is -2.07. The molecule has 1 fully saturated rings. The molecule has 0 atom stereocenters. The van der Waals surface area contributed by atoms with Gasteiger partial charge in [-0.25, -0.2) is 0 Å². The average molecular weight is 175 g/mol. The number of primary amides is 1. The average Bonchev–Trinajstić information content (AvgIpc) is 1.88. The summed E-state index contributed by atoms with van der Waals surface area (Å²) in [5.74, 6) is 1.90. The lowest BCUT2D eigenvalue weighted by atomic mass is 10.6. The van der Waals surface area contributed by atoms with E-state index in [0.29, 0.717) is 0 Å². The number of carbonyl (C=O) groups is 1. The Bertz CT molecular complexity index is 159. The fraction of sp³-hybridized carbons (Fsp3) is 0.500. The molecule has 1 saturated heterocycles. The summed E-state index contributed by atoms with van der Waals surface area (Å²) in [7, 11) is 0. The van der Waals surface area contributed by atoms with Crippen LogP contribution in [0.3, 0.4) is 0 Å². The van der Waals surface area contributed by atoms with Crippen LogP contribution in [0, 0.1) is 0 Å². The van der Waals surface area contributed by atoms with Crippen LogP contribution in [-0.4, -0.2) is 17.4 Å². The molecule has 1 heterocycles. The van der Waals surface area contributed by atoms with Crippen molar-refractivity contribution in [3.8, 4) is 0 Å². The van der Waals surface area contributed by atoms with Crippen molar-refractivity contribution in [1.82, 2.24) is 0 Å². The van der Waals surface area contributed by atoms with Gasteiger partial charge < -0.3 is 5.73 Å². The Morgan fingerprint density at radius 1 is 1.50 bits per heavy atom. The quantitative estimate of drug-likeness (QED) is 0.609. The van der Waals surface area contributed by atoms with E-state index < -0.39 is 0 Å². The molecule has 1 aliphatic rings. The Labute approximate surface area is 68.6 Å². The first kappa shape index (κ1) is 8.01. The maximum Gasteiger partial charge on any atom is 0.243 e. The van der Waals surface area contributed by atoms with E-state index in [4.69, 9.17) is 5.73 Å². The minimum atomic E-state index is -0.336. The number of hydrogen-bond acceptors (Lipinski definition) is 3. The van der Waals surface area contributed by atoms with Crippen LogP contribution in [0.15, 0.2) is 10.3 Å². The van der Waals surface area contributed by atoms with Gasteiger partial charge in [0.1, 0.15) is 0 Å². The zero-order valence-electron chi connectivity index (χ0n) is 5.50. The number of amides is 1. The van der Waals surface area contributed by atoms with Crippen LogP contribution in [0.4, 0.5) is 0 Å². The van der Waals surface area contributed by atoms with Gasteiger partial charge in [-0.05, 0) is 17.9 Å². The van der Waals surface area contributed by atoms with Crippen molar-refractivity contribution in [1.29, 1.82) is 0 Å². The molecular weight excluding hydrogens is 166 g/mol. The largest absolute Gasteiger partial charge is 0.366 e. The van der Waals surface area contributed by atoms with Crippen LogP contribution in [0.2, 0.25) is 0 Å². The molecule has 0 bridgehead atoms. The molecule has 0 unspecified atom stereocenters. The molecule has 0 saturated carbocycles. The highest BCUT2D eigenvalue weighted by molar-refractivity contribution is 8.22. The third kappa shape index (κ3) is 2.66. The van der Waals surface area contributed by atoms with Crippen molar-refractivity contribution >= 4 is 29.4 Å². The predicted octanol–water partition coefficient (Wildman–Crippen LogP) is 1.18. The lowest BCUT2D eigenvalue weighted by Gasteiger charge is -2.10. The highest BCUT2D eigenvalue weighted by Gasteiger charge is 2.06. The summed E-state index contributed by atoms with van der Waals surface area (Å²) in [5, 5.41) is 0. The van der Waals surface area contributed by atoms with Gasteiger partial charge in [-0.2, -0.15) is 0 Å². The topological polar surface area (TPSA) is 43.1 Å².